The largest absolute Gasteiger partial charge is 0.545 e. The van der Waals surface area contributed by atoms with Gasteiger partial charge in [0.15, 0.2) is 4.32 Å². The third kappa shape index (κ3) is 3.22. The number of aromatic carboxylic acids is 1. The van der Waals surface area contributed by atoms with E-state index >= 15 is 0 Å². The average Bonchev–Trinajstić information content (AvgIpc) is 2.83. The van der Waals surface area contributed by atoms with E-state index in [2.05, 4.69) is 0 Å². The fraction of sp³-hybridized carbons (Fsp3) is 0. The molecule has 1 heterocycles. The van der Waals surface area contributed by atoms with Gasteiger partial charge in [-0.3, -0.25) is 9.69 Å². The molecule has 7 heteroatoms. The van der Waals surface area contributed by atoms with Gasteiger partial charge in [0.05, 0.1) is 16.6 Å². The summed E-state index contributed by atoms with van der Waals surface area (Å²) < 4.78 is 13.3. The van der Waals surface area contributed by atoms with Crippen molar-refractivity contribution in [2.24, 2.45) is 0 Å². The highest BCUT2D eigenvalue weighted by molar-refractivity contribution is 8.27. The smallest absolute Gasteiger partial charge is 0.270 e. The van der Waals surface area contributed by atoms with Gasteiger partial charge in [-0.15, -0.1) is 0 Å². The number of hydrogen-bond acceptors (Lipinski definition) is 5. The van der Waals surface area contributed by atoms with Crippen LogP contribution in [0.3, 0.4) is 0 Å². The monoisotopic (exact) mass is 358 g/mol. The first-order chi connectivity index (χ1) is 11.5. The molecule has 1 amide bonds. The van der Waals surface area contributed by atoms with Crippen molar-refractivity contribution in [1.29, 1.82) is 0 Å². The Bertz CT molecular complexity index is 860. The molecular formula is C17H9FNO3S2-. The maximum Gasteiger partial charge on any atom is 0.270 e. The molecule has 0 radical (unpaired) electrons. The Balaban J connectivity index is 1.88. The number of carboxylic acids is 1. The molecule has 0 aliphatic carbocycles. The van der Waals surface area contributed by atoms with Crippen molar-refractivity contribution < 1.29 is 19.1 Å². The zero-order chi connectivity index (χ0) is 17.3. The maximum absolute atomic E-state index is 12.9. The van der Waals surface area contributed by atoms with Crippen molar-refractivity contribution in [3.05, 3.63) is 70.4 Å². The summed E-state index contributed by atoms with van der Waals surface area (Å²) in [5, 5.41) is 10.8. The second kappa shape index (κ2) is 6.54. The molecule has 0 N–H and O–H groups in total. The van der Waals surface area contributed by atoms with Crippen LogP contribution >= 0.6 is 24.0 Å². The molecular weight excluding hydrogens is 349 g/mol. The molecule has 1 saturated heterocycles. The number of thiocarbonyl (C=S) groups is 1. The number of thioether (sulfide) groups is 1. The summed E-state index contributed by atoms with van der Waals surface area (Å²) in [6.07, 6.45) is 1.63. The highest BCUT2D eigenvalue weighted by Gasteiger charge is 2.33. The average molecular weight is 358 g/mol. The molecule has 24 heavy (non-hydrogen) atoms. The minimum absolute atomic E-state index is 0.0195. The van der Waals surface area contributed by atoms with Gasteiger partial charge in [-0.2, -0.15) is 0 Å². The number of anilines is 1. The molecule has 2 aromatic rings. The molecule has 2 aromatic carbocycles. The third-order valence-electron chi connectivity index (χ3n) is 3.32. The lowest BCUT2D eigenvalue weighted by Crippen LogP contribution is -2.28. The maximum atomic E-state index is 12.9. The number of benzene rings is 2. The van der Waals surface area contributed by atoms with E-state index in [-0.39, 0.29) is 17.3 Å². The molecule has 0 spiro atoms. The van der Waals surface area contributed by atoms with Crippen LogP contribution < -0.4 is 10.0 Å². The van der Waals surface area contributed by atoms with Crippen molar-refractivity contribution in [1.82, 2.24) is 0 Å². The summed E-state index contributed by atoms with van der Waals surface area (Å²) in [5.74, 6) is -1.95. The van der Waals surface area contributed by atoms with E-state index in [1.165, 1.54) is 41.3 Å². The molecule has 120 valence electrons. The van der Waals surface area contributed by atoms with E-state index in [9.17, 15) is 19.1 Å². The summed E-state index contributed by atoms with van der Waals surface area (Å²) in [4.78, 5) is 25.1. The first kappa shape index (κ1) is 16.4. The number of rotatable bonds is 3. The Labute approximate surface area is 146 Å². The van der Waals surface area contributed by atoms with E-state index in [1.807, 2.05) is 0 Å². The van der Waals surface area contributed by atoms with Crippen molar-refractivity contribution in [3.8, 4) is 0 Å². The zero-order valence-corrected chi connectivity index (χ0v) is 13.7. The van der Waals surface area contributed by atoms with E-state index < -0.39 is 5.97 Å². The molecule has 1 aliphatic heterocycles. The predicted octanol–water partition coefficient (Wildman–Crippen LogP) is 2.60. The lowest BCUT2D eigenvalue weighted by atomic mass is 10.2. The van der Waals surface area contributed by atoms with Crippen LogP contribution in [0.4, 0.5) is 10.1 Å². The summed E-state index contributed by atoms with van der Waals surface area (Å²) in [7, 11) is 0. The van der Waals surface area contributed by atoms with Crippen LogP contribution in [0, 0.1) is 5.82 Å². The van der Waals surface area contributed by atoms with Crippen LogP contribution in [0.5, 0.6) is 0 Å². The van der Waals surface area contributed by atoms with Crippen LogP contribution in [0.2, 0.25) is 0 Å². The lowest BCUT2D eigenvalue weighted by Gasteiger charge is -2.15. The van der Waals surface area contributed by atoms with Crippen molar-refractivity contribution in [2.75, 3.05) is 4.90 Å². The summed E-state index contributed by atoms with van der Waals surface area (Å²) in [6, 6.07) is 11.5. The third-order valence-corrected chi connectivity index (χ3v) is 4.62. The van der Waals surface area contributed by atoms with E-state index in [0.29, 0.717) is 20.5 Å². The minimum atomic E-state index is -1.29. The Morgan fingerprint density at radius 1 is 1.12 bits per heavy atom. The normalized spacial score (nSPS) is 16.0. The highest BCUT2D eigenvalue weighted by atomic mass is 32.2. The van der Waals surface area contributed by atoms with E-state index in [4.69, 9.17) is 12.2 Å². The molecule has 1 fully saturated rings. The van der Waals surface area contributed by atoms with E-state index in [0.717, 1.165) is 11.8 Å². The van der Waals surface area contributed by atoms with Gasteiger partial charge in [-0.05, 0) is 41.5 Å². The van der Waals surface area contributed by atoms with Crippen LogP contribution in [-0.2, 0) is 4.79 Å². The van der Waals surface area contributed by atoms with Gasteiger partial charge in [0.25, 0.3) is 5.91 Å². The van der Waals surface area contributed by atoms with Crippen molar-refractivity contribution in [2.45, 2.75) is 0 Å². The zero-order valence-electron chi connectivity index (χ0n) is 12.1. The highest BCUT2D eigenvalue weighted by Crippen LogP contribution is 2.36. The second-order valence-electron chi connectivity index (χ2n) is 4.90. The summed E-state index contributed by atoms with van der Waals surface area (Å²) in [6.45, 7) is 0. The first-order valence-electron chi connectivity index (χ1n) is 6.80. The Morgan fingerprint density at radius 3 is 2.33 bits per heavy atom. The molecule has 0 aromatic heterocycles. The van der Waals surface area contributed by atoms with Gasteiger partial charge < -0.3 is 9.90 Å². The molecule has 0 saturated carbocycles. The number of halogens is 1. The van der Waals surface area contributed by atoms with Gasteiger partial charge >= 0.3 is 0 Å². The molecule has 3 rings (SSSR count). The van der Waals surface area contributed by atoms with Gasteiger partial charge in [0, 0.05) is 0 Å². The summed E-state index contributed by atoms with van der Waals surface area (Å²) >= 11 is 6.37. The Hall–Kier alpha value is -2.51. The van der Waals surface area contributed by atoms with Crippen molar-refractivity contribution >= 4 is 51.9 Å². The van der Waals surface area contributed by atoms with Gasteiger partial charge in [0.1, 0.15) is 5.82 Å². The topological polar surface area (TPSA) is 60.4 Å². The van der Waals surface area contributed by atoms with E-state index in [1.54, 1.807) is 18.2 Å². The summed E-state index contributed by atoms with van der Waals surface area (Å²) in [5.41, 5.74) is 1.18. The van der Waals surface area contributed by atoms with Gasteiger partial charge in [-0.25, -0.2) is 4.39 Å². The molecule has 0 unspecified atom stereocenters. The molecule has 1 aliphatic rings. The number of carbonyl (C=O) groups is 2. The number of carboxylic acid groups (broad SMARTS) is 1. The minimum Gasteiger partial charge on any atom is -0.545 e. The fourth-order valence-corrected chi connectivity index (χ4v) is 3.45. The predicted molar refractivity (Wildman–Crippen MR) is 92.8 cm³/mol. The van der Waals surface area contributed by atoms with Crippen LogP contribution in [0.1, 0.15) is 15.9 Å². The number of amides is 1. The van der Waals surface area contributed by atoms with Gasteiger partial charge in [0.2, 0.25) is 0 Å². The van der Waals surface area contributed by atoms with Crippen LogP contribution in [0.15, 0.2) is 53.4 Å². The fourth-order valence-electron chi connectivity index (χ4n) is 2.15. The number of carbonyl (C=O) groups excluding carboxylic acids is 2. The second-order valence-corrected chi connectivity index (χ2v) is 6.58. The standard InChI is InChI=1S/C17H10FNO3S2/c18-12-5-1-10(2-6-12)9-14-15(20)19(17(23)24-14)13-7-3-11(4-8-13)16(21)22/h1-9H,(H,21,22)/p-1/b14-9+. The SMILES string of the molecule is O=C([O-])c1ccc(N2C(=O)/C(=C\c3ccc(F)cc3)SC2=S)cc1. The number of hydrogen-bond donors (Lipinski definition) is 0. The van der Waals surface area contributed by atoms with Gasteiger partial charge in [-0.1, -0.05) is 48.2 Å². The molecule has 0 bridgehead atoms. The van der Waals surface area contributed by atoms with Crippen molar-refractivity contribution in [3.63, 3.8) is 0 Å². The number of nitrogens with zero attached hydrogens (tertiary/aromatic N) is 1. The Morgan fingerprint density at radius 2 is 1.75 bits per heavy atom. The van der Waals surface area contributed by atoms with Crippen LogP contribution in [0.25, 0.3) is 6.08 Å². The first-order valence-corrected chi connectivity index (χ1v) is 8.03. The molecule has 4 nitrogen and oxygen atoms in total. The lowest BCUT2D eigenvalue weighted by molar-refractivity contribution is -0.255. The quantitative estimate of drug-likeness (QED) is 0.623. The Kier molecular flexibility index (Phi) is 4.46. The molecule has 0 atom stereocenters. The van der Waals surface area contributed by atoms with Crippen LogP contribution in [-0.4, -0.2) is 16.2 Å².